The number of unbranched alkanes of at least 4 members (excludes halogenated alkanes) is 8. The number of Topliss-reactive ketones (excluding diaryl/α,β-unsaturated/α-hetero) is 1. The second kappa shape index (κ2) is 20.6. The standard InChI is InChI=1S/C32H49NO9/c1-3-4-5-8-11-14-25(34)15-12-9-6-7-10-13-16-27(32(41,31(39)40)21-22-42-2)29(36)33-28(30(37)38)23-24-17-19-26(35)20-18-24/h13,16-20,27-28,35,41H,3-12,14-15,21-23H2,1-2H3,(H,33,36)(H,37,38)(H,39,40)/b16-13+/t27-,28+,32+/m1/s1. The van der Waals surface area contributed by atoms with Crippen LogP contribution in [-0.4, -0.2) is 69.4 Å². The van der Waals surface area contributed by atoms with Crippen molar-refractivity contribution in [3.05, 3.63) is 42.0 Å². The molecule has 236 valence electrons. The van der Waals surface area contributed by atoms with E-state index >= 15 is 0 Å². The number of carboxylic acids is 2. The molecular formula is C32H49NO9. The Morgan fingerprint density at radius 1 is 0.929 bits per heavy atom. The Labute approximate surface area is 249 Å². The lowest BCUT2D eigenvalue weighted by Crippen LogP contribution is -2.55. The molecule has 0 fully saturated rings. The van der Waals surface area contributed by atoms with Crippen molar-refractivity contribution in [3.8, 4) is 5.75 Å². The van der Waals surface area contributed by atoms with E-state index in [0.29, 0.717) is 30.6 Å². The maximum Gasteiger partial charge on any atom is 0.336 e. The molecule has 1 aromatic carbocycles. The van der Waals surface area contributed by atoms with Crippen molar-refractivity contribution in [2.45, 2.75) is 108 Å². The third kappa shape index (κ3) is 14.1. The second-order valence-electron chi connectivity index (χ2n) is 10.8. The van der Waals surface area contributed by atoms with Gasteiger partial charge in [-0.1, -0.05) is 69.7 Å². The molecule has 3 atom stereocenters. The summed E-state index contributed by atoms with van der Waals surface area (Å²) in [5.74, 6) is -5.15. The smallest absolute Gasteiger partial charge is 0.336 e. The summed E-state index contributed by atoms with van der Waals surface area (Å²) in [6, 6.07) is 4.43. The molecule has 1 aromatic rings. The topological polar surface area (TPSA) is 170 Å². The average molecular weight is 592 g/mol. The van der Waals surface area contributed by atoms with Crippen molar-refractivity contribution in [3.63, 3.8) is 0 Å². The summed E-state index contributed by atoms with van der Waals surface area (Å²) in [6.07, 6.45) is 13.1. The van der Waals surface area contributed by atoms with Crippen LogP contribution in [0, 0.1) is 5.92 Å². The maximum absolute atomic E-state index is 13.3. The predicted molar refractivity (Wildman–Crippen MR) is 159 cm³/mol. The molecule has 0 radical (unpaired) electrons. The number of aliphatic hydroxyl groups is 1. The quantitative estimate of drug-likeness (QED) is 0.0837. The number of methoxy groups -OCH3 is 1. The van der Waals surface area contributed by atoms with E-state index in [9.17, 15) is 39.6 Å². The highest BCUT2D eigenvalue weighted by molar-refractivity contribution is 5.92. The Bertz CT molecular complexity index is 992. The van der Waals surface area contributed by atoms with Crippen molar-refractivity contribution >= 4 is 23.6 Å². The van der Waals surface area contributed by atoms with Crippen LogP contribution in [0.4, 0.5) is 0 Å². The van der Waals surface area contributed by atoms with Crippen LogP contribution >= 0.6 is 0 Å². The van der Waals surface area contributed by atoms with Crippen LogP contribution in [0.5, 0.6) is 5.75 Å². The lowest BCUT2D eigenvalue weighted by molar-refractivity contribution is -0.168. The summed E-state index contributed by atoms with van der Waals surface area (Å²) < 4.78 is 4.94. The van der Waals surface area contributed by atoms with Crippen LogP contribution in [0.3, 0.4) is 0 Å². The largest absolute Gasteiger partial charge is 0.508 e. The van der Waals surface area contributed by atoms with Crippen LogP contribution in [-0.2, 0) is 30.3 Å². The fraction of sp³-hybridized carbons (Fsp3) is 0.625. The number of ether oxygens (including phenoxy) is 1. The van der Waals surface area contributed by atoms with Crippen molar-refractivity contribution < 1.29 is 44.3 Å². The molecule has 0 unspecified atom stereocenters. The van der Waals surface area contributed by atoms with Gasteiger partial charge in [-0.15, -0.1) is 0 Å². The minimum Gasteiger partial charge on any atom is -0.508 e. The SMILES string of the molecule is CCCCCCCC(=O)CCCCCC/C=C/[C@H](C(=O)N[C@@H](Cc1ccc(O)cc1)C(=O)O)[C@@](O)(CCOC)C(=O)O. The summed E-state index contributed by atoms with van der Waals surface area (Å²) in [7, 11) is 1.34. The predicted octanol–water partition coefficient (Wildman–Crippen LogP) is 4.80. The zero-order valence-corrected chi connectivity index (χ0v) is 25.1. The number of allylic oxidation sites excluding steroid dienone is 1. The lowest BCUT2D eigenvalue weighted by Gasteiger charge is -2.30. The Balaban J connectivity index is 2.75. The Kier molecular flexibility index (Phi) is 18.0. The molecule has 42 heavy (non-hydrogen) atoms. The van der Waals surface area contributed by atoms with Gasteiger partial charge in [0.2, 0.25) is 5.91 Å². The molecule has 1 rings (SSSR count). The first kappa shape index (κ1) is 36.8. The number of benzene rings is 1. The van der Waals surface area contributed by atoms with E-state index < -0.39 is 35.4 Å². The van der Waals surface area contributed by atoms with Crippen LogP contribution < -0.4 is 5.32 Å². The zero-order valence-electron chi connectivity index (χ0n) is 25.1. The lowest BCUT2D eigenvalue weighted by atomic mass is 9.83. The van der Waals surface area contributed by atoms with E-state index in [-0.39, 0.29) is 25.2 Å². The fourth-order valence-corrected chi connectivity index (χ4v) is 4.67. The number of carboxylic acid groups (broad SMARTS) is 2. The molecule has 5 N–H and O–H groups in total. The third-order valence-corrected chi connectivity index (χ3v) is 7.31. The molecule has 0 aliphatic heterocycles. The summed E-state index contributed by atoms with van der Waals surface area (Å²) in [5.41, 5.74) is -1.98. The zero-order chi connectivity index (χ0) is 31.4. The van der Waals surface area contributed by atoms with Crippen molar-refractivity contribution in [2.75, 3.05) is 13.7 Å². The molecule has 0 bridgehead atoms. The summed E-state index contributed by atoms with van der Waals surface area (Å²) in [5, 5.41) is 42.4. The van der Waals surface area contributed by atoms with E-state index in [4.69, 9.17) is 4.74 Å². The number of amides is 1. The summed E-state index contributed by atoms with van der Waals surface area (Å²) >= 11 is 0. The maximum atomic E-state index is 13.3. The summed E-state index contributed by atoms with van der Waals surface area (Å²) in [6.45, 7) is 2.03. The Hall–Kier alpha value is -3.24. The van der Waals surface area contributed by atoms with Gasteiger partial charge in [0, 0.05) is 39.4 Å². The molecule has 0 heterocycles. The first-order valence-corrected chi connectivity index (χ1v) is 15.0. The molecule has 0 aliphatic carbocycles. The van der Waals surface area contributed by atoms with Gasteiger partial charge in [0.15, 0.2) is 5.60 Å². The number of carbonyl (C=O) groups excluding carboxylic acids is 2. The molecule has 10 nitrogen and oxygen atoms in total. The highest BCUT2D eigenvalue weighted by Gasteiger charge is 2.47. The summed E-state index contributed by atoms with van der Waals surface area (Å²) in [4.78, 5) is 49.3. The third-order valence-electron chi connectivity index (χ3n) is 7.31. The number of carbonyl (C=O) groups is 4. The van der Waals surface area contributed by atoms with Crippen molar-refractivity contribution in [2.24, 2.45) is 5.92 Å². The number of aromatic hydroxyl groups is 1. The number of aliphatic carboxylic acids is 2. The second-order valence-corrected chi connectivity index (χ2v) is 10.8. The van der Waals surface area contributed by atoms with E-state index in [0.717, 1.165) is 38.5 Å². The Morgan fingerprint density at radius 2 is 1.52 bits per heavy atom. The highest BCUT2D eigenvalue weighted by atomic mass is 16.5. The Morgan fingerprint density at radius 3 is 2.07 bits per heavy atom. The van der Waals surface area contributed by atoms with E-state index in [1.807, 2.05) is 0 Å². The minimum absolute atomic E-state index is 0.00572. The number of hydrogen-bond acceptors (Lipinski definition) is 7. The monoisotopic (exact) mass is 591 g/mol. The van der Waals surface area contributed by atoms with Gasteiger partial charge in [0.1, 0.15) is 17.6 Å². The highest BCUT2D eigenvalue weighted by Crippen LogP contribution is 2.26. The van der Waals surface area contributed by atoms with Crippen molar-refractivity contribution in [1.29, 1.82) is 0 Å². The molecule has 0 aliphatic rings. The first-order chi connectivity index (χ1) is 20.0. The number of rotatable bonds is 24. The van der Waals surface area contributed by atoms with Gasteiger partial charge in [0.05, 0.1) is 5.92 Å². The van der Waals surface area contributed by atoms with Gasteiger partial charge in [-0.3, -0.25) is 9.59 Å². The van der Waals surface area contributed by atoms with Crippen molar-refractivity contribution in [1.82, 2.24) is 5.32 Å². The number of nitrogens with one attached hydrogen (secondary N) is 1. The van der Waals surface area contributed by atoms with E-state index in [1.165, 1.54) is 56.7 Å². The van der Waals surface area contributed by atoms with Crippen LogP contribution in [0.1, 0.15) is 96.0 Å². The van der Waals surface area contributed by atoms with E-state index in [2.05, 4.69) is 12.2 Å². The number of phenols is 1. The van der Waals surface area contributed by atoms with Gasteiger partial charge in [-0.05, 0) is 43.4 Å². The van der Waals surface area contributed by atoms with Crippen LogP contribution in [0.25, 0.3) is 0 Å². The fourth-order valence-electron chi connectivity index (χ4n) is 4.67. The molecule has 0 saturated heterocycles. The van der Waals surface area contributed by atoms with Crippen LogP contribution in [0.15, 0.2) is 36.4 Å². The van der Waals surface area contributed by atoms with Crippen LogP contribution in [0.2, 0.25) is 0 Å². The normalized spacial score (nSPS) is 14.3. The van der Waals surface area contributed by atoms with Gasteiger partial charge >= 0.3 is 11.9 Å². The van der Waals surface area contributed by atoms with E-state index in [1.54, 1.807) is 6.08 Å². The molecule has 0 saturated carbocycles. The van der Waals surface area contributed by atoms with Gasteiger partial charge in [-0.25, -0.2) is 9.59 Å². The van der Waals surface area contributed by atoms with Gasteiger partial charge in [0.25, 0.3) is 0 Å². The molecule has 10 heteroatoms. The molecule has 0 spiro atoms. The molecule has 0 aromatic heterocycles. The number of hydrogen-bond donors (Lipinski definition) is 5. The average Bonchev–Trinajstić information content (AvgIpc) is 2.95. The first-order valence-electron chi connectivity index (χ1n) is 15.0. The minimum atomic E-state index is -2.52. The number of phenolic OH excluding ortho intramolecular Hbond substituents is 1. The molecule has 1 amide bonds. The van der Waals surface area contributed by atoms with Gasteiger partial charge in [-0.2, -0.15) is 0 Å². The number of ketones is 1. The van der Waals surface area contributed by atoms with Gasteiger partial charge < -0.3 is 30.5 Å². The molecular weight excluding hydrogens is 542 g/mol.